The van der Waals surface area contributed by atoms with Crippen molar-refractivity contribution in [3.8, 4) is 0 Å². The maximum absolute atomic E-state index is 9.21. The molecule has 0 aliphatic heterocycles. The molecular formula is C10H13BrN4O3. The van der Waals surface area contributed by atoms with Gasteiger partial charge in [0.1, 0.15) is 5.54 Å². The molecule has 0 bridgehead atoms. The zero-order chi connectivity index (χ0) is 13.2. The van der Waals surface area contributed by atoms with Crippen LogP contribution in [0.25, 0.3) is 5.65 Å². The van der Waals surface area contributed by atoms with E-state index in [4.69, 9.17) is 0 Å². The summed E-state index contributed by atoms with van der Waals surface area (Å²) in [5.41, 5.74) is -0.639. The molecule has 4 N–H and O–H groups in total. The molecule has 98 valence electrons. The summed E-state index contributed by atoms with van der Waals surface area (Å²) in [5.74, 6) is 0.221. The largest absolute Gasteiger partial charge is 0.394 e. The van der Waals surface area contributed by atoms with Gasteiger partial charge in [-0.05, 0) is 28.1 Å². The molecule has 8 heteroatoms. The van der Waals surface area contributed by atoms with Crippen LogP contribution in [-0.2, 0) is 0 Å². The molecule has 0 unspecified atom stereocenters. The summed E-state index contributed by atoms with van der Waals surface area (Å²) in [6, 6.07) is 3.62. The van der Waals surface area contributed by atoms with Crippen molar-refractivity contribution < 1.29 is 15.3 Å². The number of hydrogen-bond acceptors (Lipinski definition) is 6. The Bertz CT molecular complexity index is 533. The van der Waals surface area contributed by atoms with Crippen LogP contribution in [0.3, 0.4) is 0 Å². The normalized spacial score (nSPS) is 12.0. The maximum Gasteiger partial charge on any atom is 0.243 e. The monoisotopic (exact) mass is 316 g/mol. The summed E-state index contributed by atoms with van der Waals surface area (Å²) in [4.78, 5) is 4.20. The van der Waals surface area contributed by atoms with E-state index in [1.807, 2.05) is 6.07 Å². The second kappa shape index (κ2) is 5.19. The second-order valence-corrected chi connectivity index (χ2v) is 4.79. The highest BCUT2D eigenvalue weighted by molar-refractivity contribution is 9.10. The molecule has 0 fully saturated rings. The van der Waals surface area contributed by atoms with Gasteiger partial charge >= 0.3 is 0 Å². The predicted molar refractivity (Wildman–Crippen MR) is 68.3 cm³/mol. The van der Waals surface area contributed by atoms with E-state index in [1.165, 1.54) is 0 Å². The van der Waals surface area contributed by atoms with E-state index in [0.29, 0.717) is 5.65 Å². The standard InChI is InChI=1S/C10H13BrN4O3/c11-7-2-1-3-15-8(7)12-9(14-15)13-10(4-16,5-17)6-18/h1-3,16-18H,4-6H2,(H,13,14). The zero-order valence-corrected chi connectivity index (χ0v) is 11.0. The quantitative estimate of drug-likeness (QED) is 0.599. The molecule has 2 heterocycles. The number of nitrogens with one attached hydrogen (secondary N) is 1. The number of fused-ring (bicyclic) bond motifs is 1. The Labute approximate surface area is 111 Å². The van der Waals surface area contributed by atoms with Crippen LogP contribution in [-0.4, -0.2) is 55.3 Å². The summed E-state index contributed by atoms with van der Waals surface area (Å²) in [6.45, 7) is -1.30. The summed E-state index contributed by atoms with van der Waals surface area (Å²) in [6.07, 6.45) is 1.72. The lowest BCUT2D eigenvalue weighted by Gasteiger charge is -2.27. The first kappa shape index (κ1) is 13.2. The summed E-state index contributed by atoms with van der Waals surface area (Å²) in [7, 11) is 0. The average Bonchev–Trinajstić information content (AvgIpc) is 2.80. The van der Waals surface area contributed by atoms with Crippen LogP contribution in [0.15, 0.2) is 22.8 Å². The lowest BCUT2D eigenvalue weighted by molar-refractivity contribution is 0.0828. The molecule has 0 radical (unpaired) electrons. The Morgan fingerprint density at radius 3 is 2.50 bits per heavy atom. The van der Waals surface area contributed by atoms with E-state index in [0.717, 1.165) is 4.47 Å². The third-order valence-corrected chi connectivity index (χ3v) is 3.22. The van der Waals surface area contributed by atoms with Crippen molar-refractivity contribution in [1.29, 1.82) is 0 Å². The molecule has 0 saturated heterocycles. The number of aliphatic hydroxyl groups excluding tert-OH is 3. The van der Waals surface area contributed by atoms with Crippen LogP contribution in [0.4, 0.5) is 5.95 Å². The van der Waals surface area contributed by atoms with E-state index in [2.05, 4.69) is 31.3 Å². The van der Waals surface area contributed by atoms with Crippen molar-refractivity contribution in [2.24, 2.45) is 0 Å². The Balaban J connectivity index is 2.34. The van der Waals surface area contributed by atoms with Gasteiger partial charge in [0.2, 0.25) is 5.95 Å². The van der Waals surface area contributed by atoms with Crippen molar-refractivity contribution in [3.05, 3.63) is 22.8 Å². The van der Waals surface area contributed by atoms with E-state index in [1.54, 1.807) is 16.8 Å². The Hall–Kier alpha value is -1.22. The number of halogens is 1. The fourth-order valence-electron chi connectivity index (χ4n) is 1.43. The average molecular weight is 317 g/mol. The smallest absolute Gasteiger partial charge is 0.243 e. The van der Waals surface area contributed by atoms with Crippen molar-refractivity contribution in [2.75, 3.05) is 25.1 Å². The van der Waals surface area contributed by atoms with Crippen LogP contribution >= 0.6 is 15.9 Å². The maximum atomic E-state index is 9.21. The Morgan fingerprint density at radius 2 is 1.94 bits per heavy atom. The number of rotatable bonds is 5. The highest BCUT2D eigenvalue weighted by Crippen LogP contribution is 2.18. The molecule has 0 saturated carbocycles. The molecule has 2 rings (SSSR count). The molecule has 0 aliphatic carbocycles. The minimum Gasteiger partial charge on any atom is -0.394 e. The van der Waals surface area contributed by atoms with Gasteiger partial charge in [0.05, 0.1) is 24.3 Å². The van der Waals surface area contributed by atoms with E-state index >= 15 is 0 Å². The van der Waals surface area contributed by atoms with Crippen LogP contribution in [0.1, 0.15) is 0 Å². The number of nitrogens with zero attached hydrogens (tertiary/aromatic N) is 3. The Morgan fingerprint density at radius 1 is 1.28 bits per heavy atom. The van der Waals surface area contributed by atoms with Gasteiger partial charge in [-0.1, -0.05) is 0 Å². The molecule has 0 spiro atoms. The van der Waals surface area contributed by atoms with Gasteiger partial charge in [0.15, 0.2) is 5.65 Å². The topological polar surface area (TPSA) is 103 Å². The first-order valence-electron chi connectivity index (χ1n) is 5.26. The molecule has 2 aromatic heterocycles. The third-order valence-electron chi connectivity index (χ3n) is 2.60. The van der Waals surface area contributed by atoms with Crippen molar-refractivity contribution in [2.45, 2.75) is 5.54 Å². The van der Waals surface area contributed by atoms with Crippen LogP contribution in [0, 0.1) is 0 Å². The number of anilines is 1. The molecular weight excluding hydrogens is 304 g/mol. The van der Waals surface area contributed by atoms with Crippen LogP contribution in [0.2, 0.25) is 0 Å². The molecule has 0 aliphatic rings. The fraction of sp³-hybridized carbons (Fsp3) is 0.400. The lowest BCUT2D eigenvalue weighted by Crippen LogP contribution is -2.49. The highest BCUT2D eigenvalue weighted by atomic mass is 79.9. The molecule has 0 amide bonds. The minimum atomic E-state index is -1.24. The van der Waals surface area contributed by atoms with E-state index < -0.39 is 25.4 Å². The van der Waals surface area contributed by atoms with Gasteiger partial charge < -0.3 is 20.6 Å². The number of aliphatic hydroxyl groups is 3. The zero-order valence-electron chi connectivity index (χ0n) is 9.41. The summed E-state index contributed by atoms with van der Waals surface area (Å²) >= 11 is 3.34. The number of hydrogen-bond donors (Lipinski definition) is 4. The highest BCUT2D eigenvalue weighted by Gasteiger charge is 2.29. The number of pyridine rings is 1. The fourth-order valence-corrected chi connectivity index (χ4v) is 1.86. The molecule has 0 aromatic carbocycles. The third kappa shape index (κ3) is 2.32. The lowest BCUT2D eigenvalue weighted by atomic mass is 10.0. The van der Waals surface area contributed by atoms with E-state index in [9.17, 15) is 15.3 Å². The first-order chi connectivity index (χ1) is 8.64. The SMILES string of the molecule is OCC(CO)(CO)Nc1nc2c(Br)cccn2n1. The molecule has 18 heavy (non-hydrogen) atoms. The van der Waals surface area contributed by atoms with Gasteiger partial charge in [0.25, 0.3) is 0 Å². The summed E-state index contributed by atoms with van der Waals surface area (Å²) < 4.78 is 2.32. The van der Waals surface area contributed by atoms with E-state index in [-0.39, 0.29) is 5.95 Å². The predicted octanol–water partition coefficient (Wildman–Crippen LogP) is -0.381. The van der Waals surface area contributed by atoms with Crippen molar-refractivity contribution in [3.63, 3.8) is 0 Å². The first-order valence-corrected chi connectivity index (χ1v) is 6.05. The van der Waals surface area contributed by atoms with Gasteiger partial charge in [-0.15, -0.1) is 5.10 Å². The van der Waals surface area contributed by atoms with Gasteiger partial charge in [0, 0.05) is 6.20 Å². The van der Waals surface area contributed by atoms with Gasteiger partial charge in [-0.25, -0.2) is 4.52 Å². The van der Waals surface area contributed by atoms with Crippen LogP contribution < -0.4 is 5.32 Å². The minimum absolute atomic E-state index is 0.221. The van der Waals surface area contributed by atoms with Gasteiger partial charge in [-0.2, -0.15) is 4.98 Å². The molecule has 2 aromatic rings. The molecule has 0 atom stereocenters. The van der Waals surface area contributed by atoms with Gasteiger partial charge in [-0.3, -0.25) is 0 Å². The van der Waals surface area contributed by atoms with Crippen molar-refractivity contribution in [1.82, 2.24) is 14.6 Å². The Kier molecular flexibility index (Phi) is 3.81. The second-order valence-electron chi connectivity index (χ2n) is 3.94. The molecule has 7 nitrogen and oxygen atoms in total. The summed E-state index contributed by atoms with van der Waals surface area (Å²) in [5, 5.41) is 34.5. The van der Waals surface area contributed by atoms with Crippen molar-refractivity contribution >= 4 is 27.5 Å². The number of aromatic nitrogens is 3. The van der Waals surface area contributed by atoms with Crippen LogP contribution in [0.5, 0.6) is 0 Å².